The first-order chi connectivity index (χ1) is 25.9. The Balaban J connectivity index is 1.39. The monoisotopic (exact) mass is 738 g/mol. The molecule has 0 bridgehead atoms. The number of fused-ring (bicyclic) bond motifs is 1. The Morgan fingerprint density at radius 3 is 2.33 bits per heavy atom. The van der Waals surface area contributed by atoms with Gasteiger partial charge in [-0.3, -0.25) is 28.8 Å². The van der Waals surface area contributed by atoms with E-state index < -0.39 is 54.1 Å². The van der Waals surface area contributed by atoms with Crippen molar-refractivity contribution in [2.45, 2.75) is 77.2 Å². The summed E-state index contributed by atoms with van der Waals surface area (Å²) in [6, 6.07) is 20.8. The van der Waals surface area contributed by atoms with Gasteiger partial charge in [-0.15, -0.1) is 0 Å². The molecule has 3 aromatic carbocycles. The molecule has 2 aliphatic rings. The SMILES string of the molecule is CC(C)C[C@H]1NC(=O)C[C@@H](C(=O)NCc2cccc(CN3CCCC3=O)c2)NC(=O)c2ccccc2OC[C@@H](Cc2ccccc2)NC(=O)CN(C)C1=O. The van der Waals surface area contributed by atoms with Gasteiger partial charge in [0.2, 0.25) is 29.5 Å². The third kappa shape index (κ3) is 11.4. The van der Waals surface area contributed by atoms with Gasteiger partial charge >= 0.3 is 0 Å². The lowest BCUT2D eigenvalue weighted by Gasteiger charge is -2.27. The summed E-state index contributed by atoms with van der Waals surface area (Å²) < 4.78 is 6.15. The first-order valence-corrected chi connectivity index (χ1v) is 18.5. The van der Waals surface area contributed by atoms with Gasteiger partial charge in [0.1, 0.15) is 24.4 Å². The van der Waals surface area contributed by atoms with E-state index in [1.54, 1.807) is 29.2 Å². The van der Waals surface area contributed by atoms with Crippen LogP contribution in [0.2, 0.25) is 0 Å². The van der Waals surface area contributed by atoms with E-state index in [0.29, 0.717) is 25.9 Å². The van der Waals surface area contributed by atoms with E-state index in [1.807, 2.05) is 68.4 Å². The minimum absolute atomic E-state index is 0.00744. The molecule has 4 N–H and O–H groups in total. The number of carbonyl (C=O) groups excluding carboxylic acids is 6. The number of benzene rings is 3. The van der Waals surface area contributed by atoms with Gasteiger partial charge in [0.05, 0.1) is 24.6 Å². The smallest absolute Gasteiger partial charge is 0.255 e. The second-order valence-corrected chi connectivity index (χ2v) is 14.4. The molecule has 5 rings (SSSR count). The summed E-state index contributed by atoms with van der Waals surface area (Å²) in [5.74, 6) is -2.37. The van der Waals surface area contributed by atoms with Gasteiger partial charge in [-0.1, -0.05) is 80.6 Å². The lowest BCUT2D eigenvalue weighted by Crippen LogP contribution is -2.53. The zero-order valence-electron chi connectivity index (χ0n) is 31.1. The Morgan fingerprint density at radius 1 is 0.870 bits per heavy atom. The van der Waals surface area contributed by atoms with Crippen molar-refractivity contribution in [2.75, 3.05) is 26.7 Å². The van der Waals surface area contributed by atoms with Crippen molar-refractivity contribution in [3.63, 3.8) is 0 Å². The van der Waals surface area contributed by atoms with Crippen LogP contribution in [0.4, 0.5) is 0 Å². The summed E-state index contributed by atoms with van der Waals surface area (Å²) in [6.45, 7) is 4.87. The molecule has 6 amide bonds. The van der Waals surface area contributed by atoms with E-state index in [2.05, 4.69) is 21.3 Å². The quantitative estimate of drug-likeness (QED) is 0.262. The van der Waals surface area contributed by atoms with Crippen LogP contribution in [0.3, 0.4) is 0 Å². The molecule has 3 atom stereocenters. The Labute approximate surface area is 316 Å². The topological polar surface area (TPSA) is 166 Å². The second-order valence-electron chi connectivity index (χ2n) is 14.4. The van der Waals surface area contributed by atoms with E-state index in [1.165, 1.54) is 11.9 Å². The molecule has 13 nitrogen and oxygen atoms in total. The normalized spacial score (nSPS) is 20.4. The summed E-state index contributed by atoms with van der Waals surface area (Å²) in [5, 5.41) is 11.3. The molecule has 54 heavy (non-hydrogen) atoms. The van der Waals surface area contributed by atoms with E-state index >= 15 is 0 Å². The summed E-state index contributed by atoms with van der Waals surface area (Å²) in [4.78, 5) is 83.4. The van der Waals surface area contributed by atoms with Crippen LogP contribution in [0, 0.1) is 5.92 Å². The zero-order valence-corrected chi connectivity index (χ0v) is 31.1. The van der Waals surface area contributed by atoms with Crippen LogP contribution in [-0.2, 0) is 43.5 Å². The van der Waals surface area contributed by atoms with Crippen LogP contribution in [-0.4, -0.2) is 90.1 Å². The first-order valence-electron chi connectivity index (χ1n) is 18.5. The summed E-state index contributed by atoms with van der Waals surface area (Å²) in [6.07, 6.45) is 1.63. The maximum atomic E-state index is 13.8. The maximum Gasteiger partial charge on any atom is 0.255 e. The Bertz CT molecular complexity index is 1820. The molecule has 1 saturated heterocycles. The third-order valence-corrected chi connectivity index (χ3v) is 9.37. The predicted octanol–water partition coefficient (Wildman–Crippen LogP) is 2.72. The number of nitrogens with zero attached hydrogens (tertiary/aromatic N) is 2. The standard InChI is InChI=1S/C41H50N6O7/c1-27(2)19-34-41(53)46(3)25-37(49)43-31(21-28-11-5-4-6-12-28)26-54-35-16-8-7-15-32(35)39(51)45-33(22-36(48)44-34)40(52)42-23-29-13-9-14-30(20-29)24-47-18-10-17-38(47)50/h4-9,11-16,20,27,31,33-34H,10,17-19,21-26H2,1-3H3,(H,42,52)(H,43,49)(H,44,48)(H,45,51)/t31-,33+,34-/m1/s1. The molecule has 0 aliphatic carbocycles. The van der Waals surface area contributed by atoms with Crippen molar-refractivity contribution in [2.24, 2.45) is 5.92 Å². The van der Waals surface area contributed by atoms with Crippen LogP contribution in [0.1, 0.15) is 66.6 Å². The number of hydrogen-bond acceptors (Lipinski definition) is 7. The fourth-order valence-corrected chi connectivity index (χ4v) is 6.67. The highest BCUT2D eigenvalue weighted by atomic mass is 16.5. The second kappa shape index (κ2) is 18.9. The number of likely N-dealkylation sites (tertiary alicyclic amines) is 1. The van der Waals surface area contributed by atoms with E-state index in [9.17, 15) is 28.8 Å². The molecule has 0 aromatic heterocycles. The fraction of sp³-hybridized carbons (Fsp3) is 0.415. The number of likely N-dealkylation sites (N-methyl/N-ethyl adjacent to an activating group) is 1. The molecule has 286 valence electrons. The van der Waals surface area contributed by atoms with Gasteiger partial charge in [0.25, 0.3) is 5.91 Å². The molecule has 0 spiro atoms. The highest BCUT2D eigenvalue weighted by Crippen LogP contribution is 2.20. The number of para-hydroxylation sites is 1. The molecular formula is C41H50N6O7. The Kier molecular flexibility index (Phi) is 13.8. The van der Waals surface area contributed by atoms with Crippen molar-refractivity contribution >= 4 is 35.4 Å². The first kappa shape index (κ1) is 39.5. The molecule has 0 saturated carbocycles. The predicted molar refractivity (Wildman–Crippen MR) is 202 cm³/mol. The Hall–Kier alpha value is -5.72. The van der Waals surface area contributed by atoms with Gasteiger partial charge in [-0.25, -0.2) is 0 Å². The lowest BCUT2D eigenvalue weighted by atomic mass is 10.0. The minimum atomic E-state index is -1.31. The summed E-state index contributed by atoms with van der Waals surface area (Å²) in [5.41, 5.74) is 2.80. The highest BCUT2D eigenvalue weighted by Gasteiger charge is 2.31. The van der Waals surface area contributed by atoms with E-state index in [0.717, 1.165) is 23.1 Å². The molecule has 2 heterocycles. The van der Waals surface area contributed by atoms with Crippen molar-refractivity contribution in [3.05, 3.63) is 101 Å². The van der Waals surface area contributed by atoms with Crippen LogP contribution in [0.25, 0.3) is 0 Å². The molecule has 0 radical (unpaired) electrons. The average Bonchev–Trinajstić information content (AvgIpc) is 3.55. The number of ether oxygens (including phenoxy) is 1. The average molecular weight is 739 g/mol. The molecular weight excluding hydrogens is 688 g/mol. The number of amides is 6. The molecule has 3 aromatic rings. The minimum Gasteiger partial charge on any atom is -0.491 e. The number of nitrogens with one attached hydrogen (secondary N) is 4. The lowest BCUT2D eigenvalue weighted by molar-refractivity contribution is -0.139. The summed E-state index contributed by atoms with van der Waals surface area (Å²) in [7, 11) is 1.50. The van der Waals surface area contributed by atoms with Gasteiger partial charge < -0.3 is 35.8 Å². The van der Waals surface area contributed by atoms with Crippen LogP contribution in [0.5, 0.6) is 5.75 Å². The number of carbonyl (C=O) groups is 6. The third-order valence-electron chi connectivity index (χ3n) is 9.37. The zero-order chi connectivity index (χ0) is 38.6. The molecule has 13 heteroatoms. The summed E-state index contributed by atoms with van der Waals surface area (Å²) >= 11 is 0. The Morgan fingerprint density at radius 2 is 1.59 bits per heavy atom. The number of hydrogen-bond donors (Lipinski definition) is 4. The number of rotatable bonds is 9. The van der Waals surface area contributed by atoms with Crippen molar-refractivity contribution in [3.8, 4) is 5.75 Å². The van der Waals surface area contributed by atoms with Crippen LogP contribution in [0.15, 0.2) is 78.9 Å². The van der Waals surface area contributed by atoms with Crippen molar-refractivity contribution < 1.29 is 33.5 Å². The maximum absolute atomic E-state index is 13.8. The van der Waals surface area contributed by atoms with Crippen molar-refractivity contribution in [1.82, 2.24) is 31.1 Å². The molecule has 1 fully saturated rings. The fourth-order valence-electron chi connectivity index (χ4n) is 6.67. The van der Waals surface area contributed by atoms with E-state index in [-0.39, 0.29) is 49.3 Å². The van der Waals surface area contributed by atoms with Gasteiger partial charge in [0, 0.05) is 33.1 Å². The van der Waals surface area contributed by atoms with Gasteiger partial charge in [-0.2, -0.15) is 0 Å². The van der Waals surface area contributed by atoms with Gasteiger partial charge in [0.15, 0.2) is 0 Å². The van der Waals surface area contributed by atoms with Crippen molar-refractivity contribution in [1.29, 1.82) is 0 Å². The van der Waals surface area contributed by atoms with Gasteiger partial charge in [-0.05, 0) is 54.0 Å². The molecule has 2 aliphatic heterocycles. The highest BCUT2D eigenvalue weighted by molar-refractivity contribution is 6.01. The van der Waals surface area contributed by atoms with Crippen LogP contribution < -0.4 is 26.0 Å². The largest absolute Gasteiger partial charge is 0.491 e. The molecule has 0 unspecified atom stereocenters. The van der Waals surface area contributed by atoms with Crippen LogP contribution >= 0.6 is 0 Å². The van der Waals surface area contributed by atoms with E-state index in [4.69, 9.17) is 4.74 Å².